The van der Waals surface area contributed by atoms with Gasteiger partial charge in [0.25, 0.3) is 5.91 Å². The molecule has 0 unspecified atom stereocenters. The van der Waals surface area contributed by atoms with Crippen molar-refractivity contribution in [2.45, 2.75) is 13.5 Å². The number of carbonyl (C=O) groups is 1. The molecule has 0 aliphatic heterocycles. The molecule has 94 valence electrons. The van der Waals surface area contributed by atoms with Crippen LogP contribution in [0.3, 0.4) is 0 Å². The van der Waals surface area contributed by atoms with E-state index in [2.05, 4.69) is 15.3 Å². The highest BCUT2D eigenvalue weighted by Gasteiger charge is 2.14. The fourth-order valence-corrected chi connectivity index (χ4v) is 1.88. The van der Waals surface area contributed by atoms with Gasteiger partial charge in [-0.05, 0) is 13.0 Å². The van der Waals surface area contributed by atoms with E-state index in [0.29, 0.717) is 17.3 Å². The van der Waals surface area contributed by atoms with Crippen LogP contribution in [0.4, 0.5) is 5.82 Å². The third-order valence-corrected chi connectivity index (χ3v) is 2.81. The van der Waals surface area contributed by atoms with Crippen LogP contribution in [0.2, 0.25) is 10.2 Å². The minimum absolute atomic E-state index is 0.145. The SMILES string of the molecule is CCn1cc(Cl)cc1C(=O)Nc1nccnc1Cl. The zero-order valence-corrected chi connectivity index (χ0v) is 11.0. The molecule has 1 amide bonds. The molecule has 2 heterocycles. The summed E-state index contributed by atoms with van der Waals surface area (Å²) in [5.41, 5.74) is 0.448. The second-order valence-electron chi connectivity index (χ2n) is 3.48. The molecule has 7 heteroatoms. The summed E-state index contributed by atoms with van der Waals surface area (Å²) in [6, 6.07) is 1.59. The normalized spacial score (nSPS) is 10.4. The van der Waals surface area contributed by atoms with Crippen LogP contribution in [0, 0.1) is 0 Å². The van der Waals surface area contributed by atoms with Crippen molar-refractivity contribution in [2.24, 2.45) is 0 Å². The highest BCUT2D eigenvalue weighted by Crippen LogP contribution is 2.18. The molecule has 2 aromatic rings. The topological polar surface area (TPSA) is 59.8 Å². The molecule has 0 aliphatic carbocycles. The smallest absolute Gasteiger partial charge is 0.273 e. The lowest BCUT2D eigenvalue weighted by molar-refractivity contribution is 0.101. The van der Waals surface area contributed by atoms with Crippen LogP contribution >= 0.6 is 23.2 Å². The lowest BCUT2D eigenvalue weighted by Gasteiger charge is -2.07. The van der Waals surface area contributed by atoms with E-state index in [4.69, 9.17) is 23.2 Å². The molecule has 0 aromatic carbocycles. The molecule has 0 aliphatic rings. The number of amides is 1. The summed E-state index contributed by atoms with van der Waals surface area (Å²) < 4.78 is 1.74. The quantitative estimate of drug-likeness (QED) is 0.943. The van der Waals surface area contributed by atoms with Crippen LogP contribution in [0.15, 0.2) is 24.7 Å². The number of nitrogens with zero attached hydrogens (tertiary/aromatic N) is 3. The van der Waals surface area contributed by atoms with Crippen molar-refractivity contribution in [3.05, 3.63) is 40.5 Å². The predicted octanol–water partition coefficient (Wildman–Crippen LogP) is 2.86. The number of aryl methyl sites for hydroxylation is 1. The van der Waals surface area contributed by atoms with Gasteiger partial charge in [0.05, 0.1) is 5.02 Å². The summed E-state index contributed by atoms with van der Waals surface area (Å²) in [6.45, 7) is 2.56. The molecule has 5 nitrogen and oxygen atoms in total. The fraction of sp³-hybridized carbons (Fsp3) is 0.182. The monoisotopic (exact) mass is 284 g/mol. The largest absolute Gasteiger partial charge is 0.342 e. The number of hydrogen-bond donors (Lipinski definition) is 1. The maximum absolute atomic E-state index is 12.0. The molecule has 2 rings (SSSR count). The Morgan fingerprint density at radius 3 is 2.78 bits per heavy atom. The third kappa shape index (κ3) is 2.63. The fourth-order valence-electron chi connectivity index (χ4n) is 1.50. The minimum Gasteiger partial charge on any atom is -0.342 e. The van der Waals surface area contributed by atoms with Gasteiger partial charge in [-0.1, -0.05) is 23.2 Å². The molecular weight excluding hydrogens is 275 g/mol. The van der Waals surface area contributed by atoms with E-state index in [-0.39, 0.29) is 16.9 Å². The number of carbonyl (C=O) groups excluding carboxylic acids is 1. The molecule has 0 fully saturated rings. The van der Waals surface area contributed by atoms with Crippen LogP contribution in [0.1, 0.15) is 17.4 Å². The Balaban J connectivity index is 2.25. The Hall–Kier alpha value is -1.59. The van der Waals surface area contributed by atoms with E-state index in [1.165, 1.54) is 12.4 Å². The van der Waals surface area contributed by atoms with Gasteiger partial charge < -0.3 is 9.88 Å². The lowest BCUT2D eigenvalue weighted by atomic mass is 10.4. The van der Waals surface area contributed by atoms with Crippen molar-refractivity contribution in [2.75, 3.05) is 5.32 Å². The number of rotatable bonds is 3. The van der Waals surface area contributed by atoms with Crippen LogP contribution in [-0.4, -0.2) is 20.4 Å². The van der Waals surface area contributed by atoms with Crippen LogP contribution in [0.25, 0.3) is 0 Å². The molecular formula is C11H10Cl2N4O. The Kier molecular flexibility index (Phi) is 3.84. The molecule has 0 bridgehead atoms. The van der Waals surface area contributed by atoms with Gasteiger partial charge in [0.15, 0.2) is 11.0 Å². The number of halogens is 2. The minimum atomic E-state index is -0.328. The Bertz CT molecular complexity index is 582. The van der Waals surface area contributed by atoms with Crippen molar-refractivity contribution in [1.82, 2.24) is 14.5 Å². The van der Waals surface area contributed by atoms with Gasteiger partial charge in [-0.15, -0.1) is 0 Å². The summed E-state index contributed by atoms with van der Waals surface area (Å²) in [5.74, 6) is -0.102. The highest BCUT2D eigenvalue weighted by molar-refractivity contribution is 6.32. The van der Waals surface area contributed by atoms with Crippen LogP contribution in [-0.2, 0) is 6.54 Å². The second-order valence-corrected chi connectivity index (χ2v) is 4.27. The van der Waals surface area contributed by atoms with Crippen molar-refractivity contribution >= 4 is 34.9 Å². The van der Waals surface area contributed by atoms with Gasteiger partial charge >= 0.3 is 0 Å². The molecule has 0 atom stereocenters. The summed E-state index contributed by atoms with van der Waals surface area (Å²) >= 11 is 11.7. The van der Waals surface area contributed by atoms with Gasteiger partial charge in [0.2, 0.25) is 0 Å². The predicted molar refractivity (Wildman–Crippen MR) is 70.1 cm³/mol. The first kappa shape index (κ1) is 12.9. The molecule has 0 radical (unpaired) electrons. The second kappa shape index (κ2) is 5.37. The van der Waals surface area contributed by atoms with Gasteiger partial charge in [-0.25, -0.2) is 9.97 Å². The Labute approximate surface area is 114 Å². The Morgan fingerprint density at radius 2 is 2.11 bits per heavy atom. The maximum Gasteiger partial charge on any atom is 0.273 e. The summed E-state index contributed by atoms with van der Waals surface area (Å²) in [4.78, 5) is 19.8. The van der Waals surface area contributed by atoms with Gasteiger partial charge in [0.1, 0.15) is 5.69 Å². The number of anilines is 1. The zero-order chi connectivity index (χ0) is 13.1. The van der Waals surface area contributed by atoms with Crippen LogP contribution < -0.4 is 5.32 Å². The van der Waals surface area contributed by atoms with E-state index in [1.54, 1.807) is 16.8 Å². The van der Waals surface area contributed by atoms with Gasteiger partial charge in [-0.3, -0.25) is 4.79 Å². The van der Waals surface area contributed by atoms with E-state index in [9.17, 15) is 4.79 Å². The van der Waals surface area contributed by atoms with Crippen molar-refractivity contribution in [3.63, 3.8) is 0 Å². The Morgan fingerprint density at radius 1 is 1.39 bits per heavy atom. The molecule has 1 N–H and O–H groups in total. The number of hydrogen-bond acceptors (Lipinski definition) is 3. The lowest BCUT2D eigenvalue weighted by Crippen LogP contribution is -2.17. The molecule has 18 heavy (non-hydrogen) atoms. The summed E-state index contributed by atoms with van der Waals surface area (Å²) in [6.07, 6.45) is 4.59. The maximum atomic E-state index is 12.0. The molecule has 0 saturated heterocycles. The van der Waals surface area contributed by atoms with E-state index >= 15 is 0 Å². The number of aromatic nitrogens is 3. The van der Waals surface area contributed by atoms with Crippen molar-refractivity contribution in [3.8, 4) is 0 Å². The molecule has 2 aromatic heterocycles. The first-order chi connectivity index (χ1) is 8.61. The van der Waals surface area contributed by atoms with Gasteiger partial charge in [-0.2, -0.15) is 0 Å². The zero-order valence-electron chi connectivity index (χ0n) is 9.52. The average Bonchev–Trinajstić information content (AvgIpc) is 2.73. The first-order valence-electron chi connectivity index (χ1n) is 5.25. The summed E-state index contributed by atoms with van der Waals surface area (Å²) in [7, 11) is 0. The van der Waals surface area contributed by atoms with Gasteiger partial charge in [0, 0.05) is 25.1 Å². The summed E-state index contributed by atoms with van der Waals surface area (Å²) in [5, 5.41) is 3.24. The third-order valence-electron chi connectivity index (χ3n) is 2.32. The highest BCUT2D eigenvalue weighted by atomic mass is 35.5. The molecule has 0 spiro atoms. The van der Waals surface area contributed by atoms with Crippen molar-refractivity contribution in [1.29, 1.82) is 0 Å². The van der Waals surface area contributed by atoms with E-state index in [0.717, 1.165) is 0 Å². The van der Waals surface area contributed by atoms with Crippen LogP contribution in [0.5, 0.6) is 0 Å². The number of nitrogens with one attached hydrogen (secondary N) is 1. The first-order valence-corrected chi connectivity index (χ1v) is 6.01. The van der Waals surface area contributed by atoms with E-state index in [1.807, 2.05) is 6.92 Å². The average molecular weight is 285 g/mol. The molecule has 0 saturated carbocycles. The van der Waals surface area contributed by atoms with Crippen molar-refractivity contribution < 1.29 is 4.79 Å². The van der Waals surface area contributed by atoms with E-state index < -0.39 is 0 Å². The standard InChI is InChI=1S/C11H10Cl2N4O/c1-2-17-6-7(12)5-8(17)11(18)16-10-9(13)14-3-4-15-10/h3-6H,2H2,1H3,(H,15,16,18).